The van der Waals surface area contributed by atoms with Crippen LogP contribution in [-0.2, 0) is 0 Å². The molecule has 0 fully saturated rings. The number of hydrogen-bond donors (Lipinski definition) is 0. The quantitative estimate of drug-likeness (QED) is 0.416. The van der Waals surface area contributed by atoms with E-state index in [0.29, 0.717) is 0 Å². The van der Waals surface area contributed by atoms with Gasteiger partial charge < -0.3 is 0 Å². The first-order valence-corrected chi connectivity index (χ1v) is 4.90. The van der Waals surface area contributed by atoms with Crippen molar-refractivity contribution in [1.82, 2.24) is 0 Å². The largest absolute Gasteiger partial charge is 0.103 e. The van der Waals surface area contributed by atoms with Gasteiger partial charge in [-0.1, -0.05) is 39.3 Å². The van der Waals surface area contributed by atoms with Crippen molar-refractivity contribution in [2.24, 2.45) is 5.92 Å². The van der Waals surface area contributed by atoms with Crippen LogP contribution in [0.25, 0.3) is 0 Å². The Kier molecular flexibility index (Phi) is 15.3. The SMILES string of the molecule is C=CCC.C=CCCCC(C)C. The van der Waals surface area contributed by atoms with E-state index in [1.54, 1.807) is 0 Å². The second-order valence-electron chi connectivity index (χ2n) is 3.31. The maximum Gasteiger partial charge on any atom is -0.0353 e. The maximum absolute atomic E-state index is 3.66. The molecule has 0 heteroatoms. The fourth-order valence-corrected chi connectivity index (χ4v) is 0.670. The van der Waals surface area contributed by atoms with E-state index in [4.69, 9.17) is 0 Å². The van der Waals surface area contributed by atoms with Gasteiger partial charge in [0.2, 0.25) is 0 Å². The Hall–Kier alpha value is -0.520. The highest BCUT2D eigenvalue weighted by Gasteiger charge is 1.89. The predicted molar refractivity (Wildman–Crippen MR) is 59.4 cm³/mol. The van der Waals surface area contributed by atoms with Crippen LogP contribution in [0.5, 0.6) is 0 Å². The number of rotatable bonds is 5. The van der Waals surface area contributed by atoms with Crippen molar-refractivity contribution in [3.63, 3.8) is 0 Å². The summed E-state index contributed by atoms with van der Waals surface area (Å²) in [6, 6.07) is 0. The van der Waals surface area contributed by atoms with Gasteiger partial charge in [0.25, 0.3) is 0 Å². The van der Waals surface area contributed by atoms with Gasteiger partial charge in [-0.05, 0) is 25.2 Å². The maximum atomic E-state index is 3.66. The van der Waals surface area contributed by atoms with Gasteiger partial charge in [0, 0.05) is 0 Å². The topological polar surface area (TPSA) is 0 Å². The molecule has 0 aliphatic carbocycles. The fourth-order valence-electron chi connectivity index (χ4n) is 0.670. The van der Waals surface area contributed by atoms with Crippen molar-refractivity contribution in [1.29, 1.82) is 0 Å². The van der Waals surface area contributed by atoms with E-state index in [-0.39, 0.29) is 0 Å². The summed E-state index contributed by atoms with van der Waals surface area (Å²) >= 11 is 0. The monoisotopic (exact) mass is 168 g/mol. The molecular weight excluding hydrogens is 144 g/mol. The summed E-state index contributed by atoms with van der Waals surface area (Å²) in [5.41, 5.74) is 0. The van der Waals surface area contributed by atoms with Crippen LogP contribution < -0.4 is 0 Å². The standard InChI is InChI=1S/C8H16.C4H8/c1-4-5-6-7-8(2)3;1-3-4-2/h4,8H,1,5-7H2,2-3H3;3H,1,4H2,2H3. The number of hydrogen-bond acceptors (Lipinski definition) is 0. The number of unbranched alkanes of at least 4 members (excludes halogenated alkanes) is 1. The molecular formula is C12H24. The van der Waals surface area contributed by atoms with Gasteiger partial charge in [0.15, 0.2) is 0 Å². The number of allylic oxidation sites excluding steroid dienone is 2. The summed E-state index contributed by atoms with van der Waals surface area (Å²) in [5.74, 6) is 0.856. The van der Waals surface area contributed by atoms with E-state index in [0.717, 1.165) is 12.3 Å². The first-order valence-electron chi connectivity index (χ1n) is 4.90. The van der Waals surface area contributed by atoms with Crippen LogP contribution in [-0.4, -0.2) is 0 Å². The first-order chi connectivity index (χ1) is 5.68. The molecule has 0 saturated heterocycles. The summed E-state index contributed by atoms with van der Waals surface area (Å²) in [4.78, 5) is 0. The van der Waals surface area contributed by atoms with Gasteiger partial charge in [0.05, 0.1) is 0 Å². The zero-order valence-electron chi connectivity index (χ0n) is 8.97. The Morgan fingerprint density at radius 1 is 1.17 bits per heavy atom. The predicted octanol–water partition coefficient (Wildman–Crippen LogP) is 4.58. The summed E-state index contributed by atoms with van der Waals surface area (Å²) < 4.78 is 0. The van der Waals surface area contributed by atoms with Crippen molar-refractivity contribution < 1.29 is 0 Å². The third-order valence-corrected chi connectivity index (χ3v) is 1.48. The molecule has 0 bridgehead atoms. The van der Waals surface area contributed by atoms with Crippen LogP contribution in [0.2, 0.25) is 0 Å². The normalized spacial score (nSPS) is 8.67. The van der Waals surface area contributed by atoms with Gasteiger partial charge in [-0.2, -0.15) is 0 Å². The Balaban J connectivity index is 0. The molecule has 0 aliphatic rings. The van der Waals surface area contributed by atoms with Crippen LogP contribution in [0.4, 0.5) is 0 Å². The molecule has 0 aromatic heterocycles. The molecule has 0 aliphatic heterocycles. The van der Waals surface area contributed by atoms with E-state index in [1.165, 1.54) is 19.3 Å². The lowest BCUT2D eigenvalue weighted by atomic mass is 10.1. The van der Waals surface area contributed by atoms with Crippen LogP contribution >= 0.6 is 0 Å². The fraction of sp³-hybridized carbons (Fsp3) is 0.667. The van der Waals surface area contributed by atoms with E-state index >= 15 is 0 Å². The molecule has 0 unspecified atom stereocenters. The lowest BCUT2D eigenvalue weighted by Crippen LogP contribution is -1.84. The molecule has 0 spiro atoms. The molecule has 0 saturated carbocycles. The Bertz CT molecular complexity index is 90.2. The minimum atomic E-state index is 0.856. The summed E-state index contributed by atoms with van der Waals surface area (Å²) in [5, 5.41) is 0. The lowest BCUT2D eigenvalue weighted by molar-refractivity contribution is 0.560. The van der Waals surface area contributed by atoms with E-state index in [9.17, 15) is 0 Å². The molecule has 0 aromatic carbocycles. The highest BCUT2D eigenvalue weighted by Crippen LogP contribution is 2.05. The molecule has 0 nitrogen and oxygen atoms in total. The summed E-state index contributed by atoms with van der Waals surface area (Å²) in [7, 11) is 0. The minimum Gasteiger partial charge on any atom is -0.103 e. The molecule has 0 rings (SSSR count). The zero-order valence-corrected chi connectivity index (χ0v) is 8.97. The van der Waals surface area contributed by atoms with Gasteiger partial charge in [-0.25, -0.2) is 0 Å². The van der Waals surface area contributed by atoms with Gasteiger partial charge in [-0.3, -0.25) is 0 Å². The molecule has 0 N–H and O–H groups in total. The van der Waals surface area contributed by atoms with Crippen LogP contribution in [0, 0.1) is 5.92 Å². The van der Waals surface area contributed by atoms with E-state index in [1.807, 2.05) is 12.2 Å². The molecule has 0 aromatic rings. The van der Waals surface area contributed by atoms with Crippen molar-refractivity contribution in [2.45, 2.75) is 46.5 Å². The van der Waals surface area contributed by atoms with Crippen LogP contribution in [0.1, 0.15) is 46.5 Å². The van der Waals surface area contributed by atoms with E-state index in [2.05, 4.69) is 33.9 Å². The second-order valence-corrected chi connectivity index (χ2v) is 3.31. The highest BCUT2D eigenvalue weighted by molar-refractivity contribution is 4.65. The summed E-state index contributed by atoms with van der Waals surface area (Å²) in [6.07, 6.45) is 8.77. The molecule has 72 valence electrons. The molecule has 0 radical (unpaired) electrons. The lowest BCUT2D eigenvalue weighted by Gasteiger charge is -1.99. The third kappa shape index (κ3) is 22.7. The summed E-state index contributed by atoms with van der Waals surface area (Å²) in [6.45, 7) is 13.7. The Morgan fingerprint density at radius 3 is 1.92 bits per heavy atom. The molecule has 0 amide bonds. The van der Waals surface area contributed by atoms with Crippen molar-refractivity contribution in [3.8, 4) is 0 Å². The van der Waals surface area contributed by atoms with Gasteiger partial charge >= 0.3 is 0 Å². The minimum absolute atomic E-state index is 0.856. The van der Waals surface area contributed by atoms with Crippen molar-refractivity contribution in [2.75, 3.05) is 0 Å². The molecule has 12 heavy (non-hydrogen) atoms. The van der Waals surface area contributed by atoms with Crippen molar-refractivity contribution in [3.05, 3.63) is 25.3 Å². The zero-order chi connectivity index (χ0) is 9.82. The van der Waals surface area contributed by atoms with Crippen LogP contribution in [0.3, 0.4) is 0 Å². The van der Waals surface area contributed by atoms with Crippen molar-refractivity contribution >= 4 is 0 Å². The van der Waals surface area contributed by atoms with Gasteiger partial charge in [0.1, 0.15) is 0 Å². The highest BCUT2D eigenvalue weighted by atomic mass is 14.0. The smallest absolute Gasteiger partial charge is 0.0353 e. The van der Waals surface area contributed by atoms with Gasteiger partial charge in [-0.15, -0.1) is 13.2 Å². The van der Waals surface area contributed by atoms with E-state index < -0.39 is 0 Å². The average molecular weight is 168 g/mol. The van der Waals surface area contributed by atoms with Crippen LogP contribution in [0.15, 0.2) is 25.3 Å². The second kappa shape index (κ2) is 13.1. The average Bonchev–Trinajstić information content (AvgIpc) is 2.05. The molecule has 0 atom stereocenters. The third-order valence-electron chi connectivity index (χ3n) is 1.48. The first kappa shape index (κ1) is 14.0. The molecule has 0 heterocycles. The Labute approximate surface area is 78.4 Å². The Morgan fingerprint density at radius 2 is 1.67 bits per heavy atom.